The Hall–Kier alpha value is -6.15. The highest BCUT2D eigenvalue weighted by Gasteiger charge is 2.55. The van der Waals surface area contributed by atoms with E-state index in [2.05, 4.69) is 0 Å². The second-order valence-corrected chi connectivity index (χ2v) is 11.4. The number of rotatable bonds is 10. The minimum Gasteiger partial charge on any atom is -0.434 e. The first-order chi connectivity index (χ1) is 23.8. The Morgan fingerprint density at radius 3 is 0.878 bits per heavy atom. The summed E-state index contributed by atoms with van der Waals surface area (Å²) in [7, 11) is 0. The molecule has 0 atom stereocenters. The fourth-order valence-corrected chi connectivity index (χ4v) is 5.87. The van der Waals surface area contributed by atoms with E-state index >= 15 is 0 Å². The number of benzene rings is 6. The maximum absolute atomic E-state index is 14.8. The lowest BCUT2D eigenvalue weighted by Gasteiger charge is -2.36. The van der Waals surface area contributed by atoms with E-state index < -0.39 is 34.7 Å². The summed E-state index contributed by atoms with van der Waals surface area (Å²) in [5.74, 6) is -3.83. The van der Waals surface area contributed by atoms with E-state index in [4.69, 9.17) is 9.47 Å². The van der Waals surface area contributed by atoms with Gasteiger partial charge < -0.3 is 19.7 Å². The van der Waals surface area contributed by atoms with Gasteiger partial charge in [-0.1, -0.05) is 182 Å². The number of carbonyl (C=O) groups excluding carboxylic acids is 3. The Bertz CT molecular complexity index is 1900. The molecule has 0 amide bonds. The van der Waals surface area contributed by atoms with Crippen LogP contribution < -0.4 is 0 Å². The molecular weight excluding hydrogens is 616 g/mol. The number of ether oxygens (including phenoxy) is 2. The van der Waals surface area contributed by atoms with Gasteiger partial charge in [-0.25, -0.2) is 14.4 Å². The first-order valence-corrected chi connectivity index (χ1v) is 15.6. The largest absolute Gasteiger partial charge is 0.434 e. The smallest absolute Gasteiger partial charge is 0.367 e. The summed E-state index contributed by atoms with van der Waals surface area (Å²) < 4.78 is 11.9. The quantitative estimate of drug-likeness (QED) is 0.130. The van der Waals surface area contributed by atoms with Gasteiger partial charge in [0.25, 0.3) is 5.60 Å². The average Bonchev–Trinajstić information content (AvgIpc) is 3.18. The fraction of sp³-hybridized carbons (Fsp3) is 0.0714. The second kappa shape index (κ2) is 13.9. The molecule has 0 spiro atoms. The lowest BCUT2D eigenvalue weighted by atomic mass is 9.83. The highest BCUT2D eigenvalue weighted by molar-refractivity contribution is 6.00. The normalized spacial score (nSPS) is 11.7. The molecule has 0 saturated carbocycles. The summed E-state index contributed by atoms with van der Waals surface area (Å²) in [6.07, 6.45) is 0. The van der Waals surface area contributed by atoms with Crippen molar-refractivity contribution in [1.29, 1.82) is 0 Å². The Labute approximate surface area is 283 Å². The predicted octanol–water partition coefficient (Wildman–Crippen LogP) is 6.42. The van der Waals surface area contributed by atoms with Crippen LogP contribution in [0.25, 0.3) is 0 Å². The summed E-state index contributed by atoms with van der Waals surface area (Å²) in [6, 6.07) is 48.8. The van der Waals surface area contributed by atoms with Crippen molar-refractivity contribution in [3.8, 4) is 0 Å². The van der Waals surface area contributed by atoms with Crippen molar-refractivity contribution in [1.82, 2.24) is 0 Å². The molecule has 0 unspecified atom stereocenters. The summed E-state index contributed by atoms with van der Waals surface area (Å²) >= 11 is 0. The standard InChI is InChI=1S/C42H32O7/c43-37(40(46,31-19-7-1-8-20-31)32-21-9-2-10-22-32)48-39(45)42(35-27-15-5-16-28-35,36-29-17-6-18-30-36)49-38(44)41(47,33-23-11-3-12-24-33)34-25-13-4-14-26-34/h1-30,46-47H. The number of hydrogen-bond donors (Lipinski definition) is 2. The van der Waals surface area contributed by atoms with Crippen LogP contribution in [0.3, 0.4) is 0 Å². The molecule has 0 aliphatic carbocycles. The van der Waals surface area contributed by atoms with Crippen LogP contribution in [0.1, 0.15) is 33.4 Å². The third-order valence-electron chi connectivity index (χ3n) is 8.44. The zero-order chi connectivity index (χ0) is 34.3. The van der Waals surface area contributed by atoms with Crippen LogP contribution in [0, 0.1) is 0 Å². The first-order valence-electron chi connectivity index (χ1n) is 15.6. The van der Waals surface area contributed by atoms with Gasteiger partial charge in [-0.3, -0.25) is 0 Å². The van der Waals surface area contributed by atoms with E-state index in [1.165, 1.54) is 0 Å². The van der Waals surface area contributed by atoms with Crippen molar-refractivity contribution >= 4 is 17.9 Å². The molecule has 2 N–H and O–H groups in total. The number of esters is 3. The monoisotopic (exact) mass is 648 g/mol. The topological polar surface area (TPSA) is 110 Å². The van der Waals surface area contributed by atoms with Gasteiger partial charge in [0, 0.05) is 11.1 Å². The fourth-order valence-electron chi connectivity index (χ4n) is 5.87. The molecule has 6 rings (SSSR count). The summed E-state index contributed by atoms with van der Waals surface area (Å²) in [5.41, 5.74) is -6.28. The van der Waals surface area contributed by atoms with Crippen molar-refractivity contribution in [2.75, 3.05) is 0 Å². The predicted molar refractivity (Wildman–Crippen MR) is 183 cm³/mol. The van der Waals surface area contributed by atoms with Crippen LogP contribution in [0.4, 0.5) is 0 Å². The van der Waals surface area contributed by atoms with E-state index in [1.807, 2.05) is 0 Å². The first kappa shape index (κ1) is 32.8. The van der Waals surface area contributed by atoms with Crippen molar-refractivity contribution in [2.24, 2.45) is 0 Å². The molecule has 242 valence electrons. The van der Waals surface area contributed by atoms with E-state index in [-0.39, 0.29) is 33.4 Å². The zero-order valence-electron chi connectivity index (χ0n) is 26.3. The molecule has 0 bridgehead atoms. The van der Waals surface area contributed by atoms with Gasteiger partial charge in [0.15, 0.2) is 0 Å². The molecule has 0 saturated heterocycles. The summed E-state index contributed by atoms with van der Waals surface area (Å²) in [5, 5.41) is 24.4. The molecule has 0 aliphatic heterocycles. The molecule has 0 heterocycles. The number of carbonyl (C=O) groups is 3. The maximum Gasteiger partial charge on any atom is 0.367 e. The molecule has 7 nitrogen and oxygen atoms in total. The Balaban J connectivity index is 1.52. The van der Waals surface area contributed by atoms with Crippen LogP contribution in [-0.4, -0.2) is 28.1 Å². The van der Waals surface area contributed by atoms with Gasteiger partial charge in [-0.2, -0.15) is 0 Å². The maximum atomic E-state index is 14.8. The van der Waals surface area contributed by atoms with Crippen LogP contribution in [0.15, 0.2) is 182 Å². The SMILES string of the molecule is O=C(OC(=O)C(OC(=O)C(O)(c1ccccc1)c1ccccc1)(c1ccccc1)c1ccccc1)C(O)(c1ccccc1)c1ccccc1. The summed E-state index contributed by atoms with van der Waals surface area (Å²) in [4.78, 5) is 43.7. The van der Waals surface area contributed by atoms with Crippen LogP contribution in [0.2, 0.25) is 0 Å². The highest BCUT2D eigenvalue weighted by atomic mass is 16.6. The van der Waals surface area contributed by atoms with Gasteiger partial charge in [0.1, 0.15) is 0 Å². The van der Waals surface area contributed by atoms with Crippen molar-refractivity contribution in [3.63, 3.8) is 0 Å². The number of hydrogen-bond acceptors (Lipinski definition) is 7. The second-order valence-electron chi connectivity index (χ2n) is 11.4. The minimum absolute atomic E-state index is 0.138. The van der Waals surface area contributed by atoms with Gasteiger partial charge in [-0.05, 0) is 22.3 Å². The van der Waals surface area contributed by atoms with Gasteiger partial charge >= 0.3 is 17.9 Å². The molecule has 7 heteroatoms. The zero-order valence-corrected chi connectivity index (χ0v) is 26.3. The highest BCUT2D eigenvalue weighted by Crippen LogP contribution is 2.41. The van der Waals surface area contributed by atoms with E-state index in [0.717, 1.165) is 0 Å². The van der Waals surface area contributed by atoms with Gasteiger partial charge in [-0.15, -0.1) is 0 Å². The Morgan fingerprint density at radius 2 is 0.592 bits per heavy atom. The summed E-state index contributed by atoms with van der Waals surface area (Å²) in [6.45, 7) is 0. The van der Waals surface area contributed by atoms with Gasteiger partial charge in [0.2, 0.25) is 11.2 Å². The van der Waals surface area contributed by atoms with E-state index in [0.29, 0.717) is 0 Å². The Morgan fingerprint density at radius 1 is 0.347 bits per heavy atom. The minimum atomic E-state index is -2.43. The molecule has 0 aliphatic rings. The third kappa shape index (κ3) is 6.05. The number of aliphatic hydroxyl groups is 2. The Kier molecular flexibility index (Phi) is 9.31. The lowest BCUT2D eigenvalue weighted by Crippen LogP contribution is -2.50. The molecule has 0 fully saturated rings. The van der Waals surface area contributed by atoms with Crippen molar-refractivity contribution < 1.29 is 34.1 Å². The van der Waals surface area contributed by atoms with E-state index in [9.17, 15) is 24.6 Å². The van der Waals surface area contributed by atoms with Crippen molar-refractivity contribution in [2.45, 2.75) is 16.8 Å². The molecule has 0 radical (unpaired) electrons. The van der Waals surface area contributed by atoms with Crippen LogP contribution in [-0.2, 0) is 40.7 Å². The third-order valence-corrected chi connectivity index (χ3v) is 8.44. The average molecular weight is 649 g/mol. The van der Waals surface area contributed by atoms with Gasteiger partial charge in [0.05, 0.1) is 0 Å². The molecule has 49 heavy (non-hydrogen) atoms. The van der Waals surface area contributed by atoms with E-state index in [1.54, 1.807) is 182 Å². The molecule has 6 aromatic carbocycles. The molecule has 6 aromatic rings. The molecule has 0 aromatic heterocycles. The van der Waals surface area contributed by atoms with Crippen LogP contribution in [0.5, 0.6) is 0 Å². The van der Waals surface area contributed by atoms with Crippen LogP contribution >= 0.6 is 0 Å². The molecular formula is C42H32O7. The lowest BCUT2D eigenvalue weighted by molar-refractivity contribution is -0.195. The van der Waals surface area contributed by atoms with Crippen molar-refractivity contribution in [3.05, 3.63) is 215 Å².